The maximum Gasteiger partial charge on any atom is 0.234 e. The van der Waals surface area contributed by atoms with Crippen LogP contribution < -0.4 is 10.6 Å². The molecule has 94 valence electrons. The predicted octanol–water partition coefficient (Wildman–Crippen LogP) is 1.78. The van der Waals surface area contributed by atoms with Gasteiger partial charge in [0, 0.05) is 16.8 Å². The molecule has 3 nitrogen and oxygen atoms in total. The molecule has 1 atom stereocenters. The molecule has 1 rings (SSSR count). The highest BCUT2D eigenvalue weighted by atomic mass is 32.2. The van der Waals surface area contributed by atoms with E-state index in [0.29, 0.717) is 11.3 Å². The van der Waals surface area contributed by atoms with Crippen molar-refractivity contribution >= 4 is 17.7 Å². The van der Waals surface area contributed by atoms with Crippen LogP contribution in [0.3, 0.4) is 0 Å². The zero-order chi connectivity index (χ0) is 12.2. The van der Waals surface area contributed by atoms with Gasteiger partial charge in [-0.2, -0.15) is 11.8 Å². The fourth-order valence-electron chi connectivity index (χ4n) is 1.88. The summed E-state index contributed by atoms with van der Waals surface area (Å²) in [5.41, 5.74) is -0.134. The Labute approximate surface area is 103 Å². The monoisotopic (exact) mass is 244 g/mol. The first-order valence-electron chi connectivity index (χ1n) is 5.96. The van der Waals surface area contributed by atoms with E-state index in [1.54, 1.807) is 0 Å². The highest BCUT2D eigenvalue weighted by Crippen LogP contribution is 2.36. The van der Waals surface area contributed by atoms with Crippen LogP contribution in [-0.2, 0) is 4.79 Å². The minimum absolute atomic E-state index is 0.0825. The zero-order valence-electron chi connectivity index (χ0n) is 10.9. The number of amides is 1. The Morgan fingerprint density at radius 1 is 1.44 bits per heavy atom. The molecule has 4 heteroatoms. The molecular weight excluding hydrogens is 220 g/mol. The summed E-state index contributed by atoms with van der Waals surface area (Å²) in [5, 5.41) is 6.21. The van der Waals surface area contributed by atoms with Crippen molar-refractivity contribution in [3.8, 4) is 0 Å². The Morgan fingerprint density at radius 3 is 2.62 bits per heavy atom. The molecule has 0 spiro atoms. The summed E-state index contributed by atoms with van der Waals surface area (Å²) in [6, 6.07) is 0. The average molecular weight is 244 g/mol. The molecule has 1 aliphatic rings. The summed E-state index contributed by atoms with van der Waals surface area (Å²) in [5.74, 6) is 1.34. The maximum atomic E-state index is 11.6. The molecule has 1 amide bonds. The lowest BCUT2D eigenvalue weighted by Gasteiger charge is -2.24. The van der Waals surface area contributed by atoms with E-state index in [0.717, 1.165) is 6.54 Å². The lowest BCUT2D eigenvalue weighted by molar-refractivity contribution is -0.121. The standard InChI is InChI=1S/C12H24N2OS/c1-11(2,3)14-10(15)8-13-9-12(4)6-5-7-16-12/h13H,5-9H2,1-4H3,(H,14,15). The molecule has 1 fully saturated rings. The van der Waals surface area contributed by atoms with Crippen LogP contribution in [-0.4, -0.2) is 35.0 Å². The molecule has 0 aromatic carbocycles. The first kappa shape index (κ1) is 13.8. The molecule has 0 bridgehead atoms. The molecule has 1 heterocycles. The largest absolute Gasteiger partial charge is 0.350 e. The van der Waals surface area contributed by atoms with Crippen LogP contribution in [0.25, 0.3) is 0 Å². The quantitative estimate of drug-likeness (QED) is 0.792. The van der Waals surface area contributed by atoms with Gasteiger partial charge >= 0.3 is 0 Å². The van der Waals surface area contributed by atoms with Crippen LogP contribution in [0, 0.1) is 0 Å². The zero-order valence-corrected chi connectivity index (χ0v) is 11.7. The van der Waals surface area contributed by atoms with Crippen molar-refractivity contribution in [2.24, 2.45) is 0 Å². The summed E-state index contributed by atoms with van der Waals surface area (Å²) in [6.45, 7) is 9.62. The van der Waals surface area contributed by atoms with Crippen molar-refractivity contribution in [3.63, 3.8) is 0 Å². The molecule has 0 saturated carbocycles. The molecule has 0 aromatic rings. The van der Waals surface area contributed by atoms with E-state index in [9.17, 15) is 4.79 Å². The van der Waals surface area contributed by atoms with Crippen LogP contribution in [0.5, 0.6) is 0 Å². The van der Waals surface area contributed by atoms with Crippen molar-refractivity contribution in [2.75, 3.05) is 18.8 Å². The fraction of sp³-hybridized carbons (Fsp3) is 0.917. The van der Waals surface area contributed by atoms with E-state index in [1.165, 1.54) is 18.6 Å². The van der Waals surface area contributed by atoms with E-state index in [1.807, 2.05) is 32.5 Å². The molecule has 16 heavy (non-hydrogen) atoms. The Balaban J connectivity index is 2.18. The number of carbonyl (C=O) groups is 1. The number of hydrogen-bond acceptors (Lipinski definition) is 3. The van der Waals surface area contributed by atoms with Gasteiger partial charge in [-0.05, 0) is 46.3 Å². The normalized spacial score (nSPS) is 25.8. The fourth-order valence-corrected chi connectivity index (χ4v) is 3.15. The van der Waals surface area contributed by atoms with E-state index in [4.69, 9.17) is 0 Å². The second-order valence-corrected chi connectivity index (χ2v) is 7.49. The third-order valence-electron chi connectivity index (χ3n) is 2.60. The van der Waals surface area contributed by atoms with Crippen LogP contribution in [0.2, 0.25) is 0 Å². The van der Waals surface area contributed by atoms with Gasteiger partial charge in [-0.1, -0.05) is 0 Å². The third-order valence-corrected chi connectivity index (χ3v) is 4.14. The van der Waals surface area contributed by atoms with Crippen molar-refractivity contribution < 1.29 is 4.79 Å². The molecule has 1 unspecified atom stereocenters. The predicted molar refractivity (Wildman–Crippen MR) is 70.9 cm³/mol. The van der Waals surface area contributed by atoms with Gasteiger partial charge in [0.1, 0.15) is 0 Å². The Kier molecular flexibility index (Phi) is 4.68. The summed E-state index contributed by atoms with van der Waals surface area (Å²) in [7, 11) is 0. The number of thioether (sulfide) groups is 1. The van der Waals surface area contributed by atoms with Gasteiger partial charge in [-0.3, -0.25) is 4.79 Å². The van der Waals surface area contributed by atoms with Crippen LogP contribution in [0.15, 0.2) is 0 Å². The minimum Gasteiger partial charge on any atom is -0.350 e. The van der Waals surface area contributed by atoms with Crippen LogP contribution in [0.1, 0.15) is 40.5 Å². The van der Waals surface area contributed by atoms with Gasteiger partial charge < -0.3 is 10.6 Å². The second-order valence-electron chi connectivity index (χ2n) is 5.80. The van der Waals surface area contributed by atoms with E-state index < -0.39 is 0 Å². The van der Waals surface area contributed by atoms with Gasteiger partial charge in [0.05, 0.1) is 6.54 Å². The summed E-state index contributed by atoms with van der Waals surface area (Å²) < 4.78 is 0.335. The van der Waals surface area contributed by atoms with E-state index in [-0.39, 0.29) is 11.4 Å². The van der Waals surface area contributed by atoms with Gasteiger partial charge in [0.15, 0.2) is 0 Å². The second kappa shape index (κ2) is 5.41. The van der Waals surface area contributed by atoms with Gasteiger partial charge in [0.2, 0.25) is 5.91 Å². The summed E-state index contributed by atoms with van der Waals surface area (Å²) >= 11 is 2.02. The van der Waals surface area contributed by atoms with Gasteiger partial charge in [-0.25, -0.2) is 0 Å². The molecule has 1 aliphatic heterocycles. The molecule has 1 saturated heterocycles. The lowest BCUT2D eigenvalue weighted by atomic mass is 10.1. The molecule has 0 radical (unpaired) electrons. The Hall–Kier alpha value is -0.220. The molecular formula is C12H24N2OS. The van der Waals surface area contributed by atoms with Crippen molar-refractivity contribution in [1.29, 1.82) is 0 Å². The minimum atomic E-state index is -0.134. The molecule has 2 N–H and O–H groups in total. The smallest absolute Gasteiger partial charge is 0.234 e. The van der Waals surface area contributed by atoms with Crippen LogP contribution >= 0.6 is 11.8 Å². The SMILES string of the molecule is CC(C)(C)NC(=O)CNCC1(C)CCCS1. The number of nitrogens with one attached hydrogen (secondary N) is 2. The average Bonchev–Trinajstić information content (AvgIpc) is 2.49. The van der Waals surface area contributed by atoms with Gasteiger partial charge in [-0.15, -0.1) is 0 Å². The number of hydrogen-bond donors (Lipinski definition) is 2. The lowest BCUT2D eigenvalue weighted by Crippen LogP contribution is -2.46. The highest BCUT2D eigenvalue weighted by Gasteiger charge is 2.29. The van der Waals surface area contributed by atoms with Crippen molar-refractivity contribution in [3.05, 3.63) is 0 Å². The highest BCUT2D eigenvalue weighted by molar-refractivity contribution is 8.00. The number of rotatable bonds is 4. The first-order chi connectivity index (χ1) is 7.31. The van der Waals surface area contributed by atoms with Crippen molar-refractivity contribution in [2.45, 2.75) is 50.8 Å². The Morgan fingerprint density at radius 2 is 2.12 bits per heavy atom. The first-order valence-corrected chi connectivity index (χ1v) is 6.95. The van der Waals surface area contributed by atoms with E-state index in [2.05, 4.69) is 17.6 Å². The third kappa shape index (κ3) is 5.21. The van der Waals surface area contributed by atoms with Crippen molar-refractivity contribution in [1.82, 2.24) is 10.6 Å². The number of carbonyl (C=O) groups excluding carboxylic acids is 1. The van der Waals surface area contributed by atoms with Gasteiger partial charge in [0.25, 0.3) is 0 Å². The van der Waals surface area contributed by atoms with Crippen LogP contribution in [0.4, 0.5) is 0 Å². The molecule has 0 aliphatic carbocycles. The van der Waals surface area contributed by atoms with E-state index >= 15 is 0 Å². The summed E-state index contributed by atoms with van der Waals surface area (Å²) in [4.78, 5) is 11.6. The summed E-state index contributed by atoms with van der Waals surface area (Å²) in [6.07, 6.45) is 2.56. The maximum absolute atomic E-state index is 11.6. The topological polar surface area (TPSA) is 41.1 Å². The molecule has 0 aromatic heterocycles. The Bertz CT molecular complexity index is 242.